The van der Waals surface area contributed by atoms with Crippen LogP contribution in [0.1, 0.15) is 17.0 Å². The van der Waals surface area contributed by atoms with Gasteiger partial charge < -0.3 is 16.2 Å². The molecule has 1 aliphatic rings. The van der Waals surface area contributed by atoms with E-state index in [1.807, 2.05) is 11.9 Å². The van der Waals surface area contributed by atoms with Crippen LogP contribution in [0.3, 0.4) is 0 Å². The number of hydrogen-bond acceptors (Lipinski definition) is 3. The maximum Gasteiger partial charge on any atom is 0.334 e. The molecule has 0 saturated carbocycles. The first kappa shape index (κ1) is 18.1. The molecule has 0 aromatic heterocycles. The van der Waals surface area contributed by atoms with E-state index in [9.17, 15) is 15.3 Å². The second-order valence-electron chi connectivity index (χ2n) is 5.58. The number of rotatable bonds is 3. The molecule has 1 atom stereocenters. The van der Waals surface area contributed by atoms with Gasteiger partial charge in [0.1, 0.15) is 5.84 Å². The molecule has 7 heteroatoms. The first-order valence-corrected chi connectivity index (χ1v) is 8.69. The topological polar surface area (TPSA) is 98.0 Å². The minimum atomic E-state index is -1.16. The van der Waals surface area contributed by atoms with Crippen molar-refractivity contribution in [1.29, 1.82) is 0 Å². The number of benzene rings is 2. The van der Waals surface area contributed by atoms with Crippen LogP contribution in [0.25, 0.3) is 11.1 Å². The number of hydrogen-bond donors (Lipinski definition) is 2. The van der Waals surface area contributed by atoms with E-state index in [1.54, 1.807) is 42.5 Å². The average Bonchev–Trinajstić information content (AvgIpc) is 2.61. The maximum absolute atomic E-state index is 12.1. The van der Waals surface area contributed by atoms with Crippen LogP contribution in [-0.2, 0) is 4.79 Å². The fourth-order valence-corrected chi connectivity index (χ4v) is 3.41. The second kappa shape index (κ2) is 7.30. The molecular formula is C19H12BrClN3O2-. The third-order valence-corrected chi connectivity index (χ3v) is 4.74. The van der Waals surface area contributed by atoms with Gasteiger partial charge in [-0.2, -0.15) is 0 Å². The van der Waals surface area contributed by atoms with Gasteiger partial charge in [0.2, 0.25) is 0 Å². The Morgan fingerprint density at radius 1 is 1.27 bits per heavy atom. The standard InChI is InChI=1S/C19H12BrClN3O2/c20-12-3-1-2-11(8-12)15-14(9-22)18(23)24-17(16(15)19(25)26)10-4-6-13(21)7-5-10/h1-8,15H,(H2,23,24)(H,25,26)/q-1/t15-/m0/s1. The number of carboxylic acids is 1. The molecule has 0 bridgehead atoms. The molecule has 0 aliphatic carbocycles. The van der Waals surface area contributed by atoms with Gasteiger partial charge in [-0.05, 0) is 29.8 Å². The van der Waals surface area contributed by atoms with Crippen molar-refractivity contribution in [2.24, 2.45) is 10.7 Å². The van der Waals surface area contributed by atoms with E-state index in [0.717, 1.165) is 4.47 Å². The molecule has 0 radical (unpaired) electrons. The minimum absolute atomic E-state index is 0.00354. The van der Waals surface area contributed by atoms with Crippen molar-refractivity contribution >= 4 is 50.9 Å². The lowest BCUT2D eigenvalue weighted by atomic mass is 9.80. The van der Waals surface area contributed by atoms with E-state index in [1.165, 1.54) is 0 Å². The number of carboxylic acid groups (broad SMARTS) is 1. The Hall–Kier alpha value is -2.66. The fourth-order valence-electron chi connectivity index (χ4n) is 2.86. The van der Waals surface area contributed by atoms with Crippen molar-refractivity contribution in [3.8, 4) is 0 Å². The number of nitrogens with zero attached hydrogens (tertiary/aromatic N) is 2. The Morgan fingerprint density at radius 3 is 2.54 bits per heavy atom. The van der Waals surface area contributed by atoms with Gasteiger partial charge in [0.25, 0.3) is 0 Å². The van der Waals surface area contributed by atoms with Gasteiger partial charge in [0, 0.05) is 20.6 Å². The van der Waals surface area contributed by atoms with E-state index >= 15 is 0 Å². The van der Waals surface area contributed by atoms with E-state index in [4.69, 9.17) is 17.3 Å². The van der Waals surface area contributed by atoms with Crippen molar-refractivity contribution < 1.29 is 9.90 Å². The summed E-state index contributed by atoms with van der Waals surface area (Å²) in [6, 6.07) is 13.8. The van der Waals surface area contributed by atoms with E-state index in [2.05, 4.69) is 20.9 Å². The summed E-state index contributed by atoms with van der Waals surface area (Å²) in [5, 5.41) is 20.0. The molecule has 130 valence electrons. The first-order valence-electron chi connectivity index (χ1n) is 7.52. The molecule has 2 aromatic carbocycles. The van der Waals surface area contributed by atoms with Crippen LogP contribution in [0.4, 0.5) is 0 Å². The van der Waals surface area contributed by atoms with Gasteiger partial charge in [-0.1, -0.05) is 51.8 Å². The van der Waals surface area contributed by atoms with Crippen LogP contribution in [0, 0.1) is 0 Å². The molecule has 0 spiro atoms. The Bertz CT molecular complexity index is 1010. The Morgan fingerprint density at radius 2 is 1.96 bits per heavy atom. The lowest BCUT2D eigenvalue weighted by Gasteiger charge is -2.27. The van der Waals surface area contributed by atoms with Crippen LogP contribution < -0.4 is 5.73 Å². The summed E-state index contributed by atoms with van der Waals surface area (Å²) in [5.41, 5.74) is 7.52. The molecule has 26 heavy (non-hydrogen) atoms. The van der Waals surface area contributed by atoms with Gasteiger partial charge in [-0.3, -0.25) is 5.87 Å². The third-order valence-electron chi connectivity index (χ3n) is 3.99. The molecule has 0 saturated heterocycles. The highest BCUT2D eigenvalue weighted by Gasteiger charge is 2.34. The highest BCUT2D eigenvalue weighted by atomic mass is 79.9. The van der Waals surface area contributed by atoms with Crippen molar-refractivity contribution in [2.75, 3.05) is 0 Å². The molecule has 1 heterocycles. The van der Waals surface area contributed by atoms with Crippen LogP contribution in [0.2, 0.25) is 5.02 Å². The van der Waals surface area contributed by atoms with Gasteiger partial charge >= 0.3 is 5.97 Å². The second-order valence-corrected chi connectivity index (χ2v) is 6.94. The summed E-state index contributed by atoms with van der Waals surface area (Å²) >= 11 is 9.30. The van der Waals surface area contributed by atoms with E-state index in [-0.39, 0.29) is 22.7 Å². The summed E-state index contributed by atoms with van der Waals surface area (Å²) in [5.74, 6) is 0.0374. The molecule has 0 unspecified atom stereocenters. The molecule has 0 amide bonds. The zero-order chi connectivity index (χ0) is 18.8. The third kappa shape index (κ3) is 3.35. The van der Waals surface area contributed by atoms with Gasteiger partial charge in [-0.25, -0.2) is 9.79 Å². The summed E-state index contributed by atoms with van der Waals surface area (Å²) in [7, 11) is 0. The van der Waals surface area contributed by atoms with Crippen LogP contribution in [0.5, 0.6) is 0 Å². The quantitative estimate of drug-likeness (QED) is 0.715. The maximum atomic E-state index is 12.1. The Balaban J connectivity index is 2.32. The fraction of sp³-hybridized carbons (Fsp3) is 0.0526. The number of nitrogens with two attached hydrogens (primary N) is 1. The Kier molecular flexibility index (Phi) is 5.09. The molecule has 3 N–H and O–H groups in total. The minimum Gasteiger partial charge on any atom is -0.763 e. The normalized spacial score (nSPS) is 16.9. The lowest BCUT2D eigenvalue weighted by Crippen LogP contribution is -2.28. The first-order chi connectivity index (χ1) is 12.4. The average molecular weight is 430 g/mol. The molecule has 1 aliphatic heterocycles. The predicted molar refractivity (Wildman–Crippen MR) is 106 cm³/mol. The number of amidine groups is 1. The highest BCUT2D eigenvalue weighted by molar-refractivity contribution is 9.10. The van der Waals surface area contributed by atoms with E-state index in [0.29, 0.717) is 16.1 Å². The summed E-state index contributed by atoms with van der Waals surface area (Å²) in [4.78, 5) is 16.3. The molecule has 3 rings (SSSR count). The van der Waals surface area contributed by atoms with Crippen LogP contribution >= 0.6 is 27.5 Å². The molecular weight excluding hydrogens is 418 g/mol. The van der Waals surface area contributed by atoms with Gasteiger partial charge in [-0.15, -0.1) is 0 Å². The molecule has 0 fully saturated rings. The zero-order valence-corrected chi connectivity index (χ0v) is 15.6. The Labute approximate surface area is 163 Å². The van der Waals surface area contributed by atoms with Crippen molar-refractivity contribution in [3.63, 3.8) is 0 Å². The zero-order valence-electron chi connectivity index (χ0n) is 13.3. The monoisotopic (exact) mass is 428 g/mol. The predicted octanol–water partition coefficient (Wildman–Crippen LogP) is 4.22. The summed E-state index contributed by atoms with van der Waals surface area (Å²) in [6.07, 6.45) is 0. The van der Waals surface area contributed by atoms with Crippen LogP contribution in [-0.4, -0.2) is 22.8 Å². The van der Waals surface area contributed by atoms with Crippen molar-refractivity contribution in [3.05, 3.63) is 85.7 Å². The number of aliphatic imine (C=N–C) groups is 1. The summed E-state index contributed by atoms with van der Waals surface area (Å²) in [6.45, 7) is 0. The molecule has 2 aromatic rings. The van der Waals surface area contributed by atoms with Gasteiger partial charge in [0.15, 0.2) is 0 Å². The lowest BCUT2D eigenvalue weighted by molar-refractivity contribution is -0.132. The van der Waals surface area contributed by atoms with Crippen molar-refractivity contribution in [1.82, 2.24) is 0 Å². The smallest absolute Gasteiger partial charge is 0.334 e. The number of carbonyl (C=O) groups is 1. The number of aliphatic carboxylic acids is 1. The largest absolute Gasteiger partial charge is 0.763 e. The van der Waals surface area contributed by atoms with Crippen molar-refractivity contribution in [2.45, 2.75) is 5.92 Å². The number of halogens is 2. The highest BCUT2D eigenvalue weighted by Crippen LogP contribution is 2.40. The van der Waals surface area contributed by atoms with E-state index < -0.39 is 11.9 Å². The SMILES string of the molecule is [N-]=C=C1C(N)=NC(c2ccc(Cl)cc2)=C(C(=O)O)[C@H]1c1cccc(Br)c1. The summed E-state index contributed by atoms with van der Waals surface area (Å²) < 4.78 is 0.770. The van der Waals surface area contributed by atoms with Crippen LogP contribution in [0.15, 0.2) is 69.1 Å². The van der Waals surface area contributed by atoms with Gasteiger partial charge in [0.05, 0.1) is 17.2 Å². The molecule has 5 nitrogen and oxygen atoms in total.